The van der Waals surface area contributed by atoms with E-state index in [1.807, 2.05) is 0 Å². The lowest BCUT2D eigenvalue weighted by atomic mass is 9.73. The second kappa shape index (κ2) is 11.1. The number of hydrazine groups is 1. The molecule has 0 bridgehead atoms. The van der Waals surface area contributed by atoms with Crippen LogP contribution in [0, 0.1) is 0 Å². The third-order valence-corrected chi connectivity index (χ3v) is 12.6. The van der Waals surface area contributed by atoms with Gasteiger partial charge in [0.1, 0.15) is 5.66 Å². The third kappa shape index (κ3) is 4.11. The van der Waals surface area contributed by atoms with Crippen LogP contribution in [0.1, 0.15) is 64.2 Å². The van der Waals surface area contributed by atoms with Gasteiger partial charge in [-0.3, -0.25) is 4.90 Å². The molecule has 0 aromatic heterocycles. The zero-order chi connectivity index (χ0) is 22.8. The summed E-state index contributed by atoms with van der Waals surface area (Å²) in [4.78, 5) is 2.95. The highest BCUT2D eigenvalue weighted by atomic mass is 32.2. The van der Waals surface area contributed by atoms with Gasteiger partial charge < -0.3 is 14.2 Å². The van der Waals surface area contributed by atoms with Crippen LogP contribution in [0.15, 0.2) is 0 Å². The van der Waals surface area contributed by atoms with Crippen molar-refractivity contribution in [2.75, 3.05) is 70.7 Å². The van der Waals surface area contributed by atoms with E-state index in [1.54, 1.807) is 0 Å². The average Bonchev–Trinajstić information content (AvgIpc) is 3.65. The number of ether oxygens (including phenoxy) is 3. The second-order valence-corrected chi connectivity index (χ2v) is 13.6. The summed E-state index contributed by atoms with van der Waals surface area (Å²) >= 11 is 4.56. The van der Waals surface area contributed by atoms with Crippen molar-refractivity contribution < 1.29 is 14.2 Å². The van der Waals surface area contributed by atoms with E-state index in [-0.39, 0.29) is 16.5 Å². The minimum absolute atomic E-state index is 0.0422. The van der Waals surface area contributed by atoms with Crippen molar-refractivity contribution in [3.8, 4) is 0 Å². The molecule has 0 amide bonds. The average molecular weight is 512 g/mol. The standard InChI is InChI=1S/C26H45N3O3S2/c1-3-11-27(12-4-1)26(23-8-2-5-16-32-23)25(22-9-6-17-31-22,24-10-7-20-33-24)34-21-15-29(26)28-13-18-30-19-14-28/h22-24H,1-21H2. The number of rotatable bonds is 5. The van der Waals surface area contributed by atoms with Crippen molar-refractivity contribution in [2.45, 2.75) is 92.1 Å². The predicted molar refractivity (Wildman–Crippen MR) is 140 cm³/mol. The molecule has 0 N–H and O–H groups in total. The van der Waals surface area contributed by atoms with Crippen molar-refractivity contribution in [3.63, 3.8) is 0 Å². The molecule has 5 unspecified atom stereocenters. The SMILES string of the molecule is C1CCN(C2(C3CCCCO3)N(N3CCOCC3)CCSC2(C2CCCO2)C2CCCS2)CC1. The normalized spacial score (nSPS) is 43.9. The van der Waals surface area contributed by atoms with Crippen molar-refractivity contribution in [3.05, 3.63) is 0 Å². The number of hydrogen-bond acceptors (Lipinski definition) is 8. The zero-order valence-corrected chi connectivity index (χ0v) is 22.6. The van der Waals surface area contributed by atoms with E-state index in [0.717, 1.165) is 46.1 Å². The van der Waals surface area contributed by atoms with Gasteiger partial charge in [0.2, 0.25) is 0 Å². The Bertz CT molecular complexity index is 622. The number of piperidine rings is 1. The lowest BCUT2D eigenvalue weighted by Gasteiger charge is -2.70. The molecule has 0 spiro atoms. The van der Waals surface area contributed by atoms with Crippen LogP contribution in [0.5, 0.6) is 0 Å². The molecule has 0 aromatic rings. The molecule has 6 aliphatic heterocycles. The molecule has 6 aliphatic rings. The Kier molecular flexibility index (Phi) is 8.06. The first kappa shape index (κ1) is 24.8. The molecule has 34 heavy (non-hydrogen) atoms. The Morgan fingerprint density at radius 2 is 1.44 bits per heavy atom. The maximum Gasteiger partial charge on any atom is 0.132 e. The summed E-state index contributed by atoms with van der Waals surface area (Å²) in [6.07, 6.45) is 13.4. The Labute approximate surface area is 215 Å². The summed E-state index contributed by atoms with van der Waals surface area (Å²) in [5.74, 6) is 2.50. The van der Waals surface area contributed by atoms with Gasteiger partial charge in [-0.25, -0.2) is 10.0 Å². The highest BCUT2D eigenvalue weighted by Gasteiger charge is 2.72. The van der Waals surface area contributed by atoms with Gasteiger partial charge in [-0.1, -0.05) is 6.42 Å². The smallest absolute Gasteiger partial charge is 0.132 e. The van der Waals surface area contributed by atoms with Crippen molar-refractivity contribution >= 4 is 23.5 Å². The van der Waals surface area contributed by atoms with E-state index < -0.39 is 0 Å². The van der Waals surface area contributed by atoms with Gasteiger partial charge in [-0.15, -0.1) is 11.8 Å². The van der Waals surface area contributed by atoms with Crippen LogP contribution >= 0.6 is 23.5 Å². The highest BCUT2D eigenvalue weighted by molar-refractivity contribution is 8.04. The van der Waals surface area contributed by atoms with Crippen LogP contribution in [0.25, 0.3) is 0 Å². The van der Waals surface area contributed by atoms with E-state index in [2.05, 4.69) is 38.4 Å². The van der Waals surface area contributed by atoms with Crippen LogP contribution in [0.3, 0.4) is 0 Å². The highest BCUT2D eigenvalue weighted by Crippen LogP contribution is 2.61. The van der Waals surface area contributed by atoms with E-state index in [4.69, 9.17) is 14.2 Å². The van der Waals surface area contributed by atoms with Gasteiger partial charge in [-0.05, 0) is 63.5 Å². The molecule has 0 radical (unpaired) electrons. The molecule has 6 rings (SSSR count). The lowest BCUT2D eigenvalue weighted by molar-refractivity contribution is -0.275. The molecule has 5 atom stereocenters. The van der Waals surface area contributed by atoms with Crippen molar-refractivity contribution in [2.24, 2.45) is 0 Å². The van der Waals surface area contributed by atoms with Gasteiger partial charge in [-0.2, -0.15) is 11.8 Å². The monoisotopic (exact) mass is 511 g/mol. The quantitative estimate of drug-likeness (QED) is 0.551. The second-order valence-electron chi connectivity index (χ2n) is 11.0. The molecule has 0 aliphatic carbocycles. The predicted octanol–water partition coefficient (Wildman–Crippen LogP) is 3.85. The summed E-state index contributed by atoms with van der Waals surface area (Å²) < 4.78 is 19.6. The molecular weight excluding hydrogens is 466 g/mol. The molecule has 0 aromatic carbocycles. The van der Waals surface area contributed by atoms with Crippen molar-refractivity contribution in [1.82, 2.24) is 14.9 Å². The fourth-order valence-corrected chi connectivity index (χ4v) is 11.7. The number of hydrogen-bond donors (Lipinski definition) is 0. The largest absolute Gasteiger partial charge is 0.379 e. The molecule has 6 saturated heterocycles. The summed E-state index contributed by atoms with van der Waals surface area (Å²) in [5, 5.41) is 6.21. The number of likely N-dealkylation sites (tertiary alicyclic amines) is 1. The molecule has 6 fully saturated rings. The van der Waals surface area contributed by atoms with Gasteiger partial charge in [0, 0.05) is 56.9 Å². The lowest BCUT2D eigenvalue weighted by Crippen LogP contribution is -2.86. The number of nitrogens with zero attached hydrogens (tertiary/aromatic N) is 3. The summed E-state index contributed by atoms with van der Waals surface area (Å²) in [5.41, 5.74) is -0.134. The van der Waals surface area contributed by atoms with Gasteiger partial charge in [0.15, 0.2) is 0 Å². The Morgan fingerprint density at radius 3 is 2.15 bits per heavy atom. The fraction of sp³-hybridized carbons (Fsp3) is 1.00. The Morgan fingerprint density at radius 1 is 0.647 bits per heavy atom. The summed E-state index contributed by atoms with van der Waals surface area (Å²) in [6.45, 7) is 9.07. The molecule has 8 heteroatoms. The topological polar surface area (TPSA) is 37.4 Å². The van der Waals surface area contributed by atoms with Crippen LogP contribution < -0.4 is 0 Å². The van der Waals surface area contributed by atoms with E-state index in [0.29, 0.717) is 11.4 Å². The molecule has 0 saturated carbocycles. The van der Waals surface area contributed by atoms with E-state index in [9.17, 15) is 0 Å². The fourth-order valence-electron chi connectivity index (χ4n) is 7.96. The van der Waals surface area contributed by atoms with Crippen LogP contribution in [0.2, 0.25) is 0 Å². The first-order chi connectivity index (χ1) is 16.9. The molecule has 194 valence electrons. The van der Waals surface area contributed by atoms with Gasteiger partial charge in [0.25, 0.3) is 0 Å². The van der Waals surface area contributed by atoms with Crippen LogP contribution in [-0.2, 0) is 14.2 Å². The van der Waals surface area contributed by atoms with Gasteiger partial charge >= 0.3 is 0 Å². The van der Waals surface area contributed by atoms with Crippen molar-refractivity contribution in [1.29, 1.82) is 0 Å². The first-order valence-electron chi connectivity index (χ1n) is 14.2. The van der Waals surface area contributed by atoms with Crippen LogP contribution in [0.4, 0.5) is 0 Å². The maximum atomic E-state index is 6.95. The van der Waals surface area contributed by atoms with Crippen LogP contribution in [-0.4, -0.2) is 113 Å². The number of thioether (sulfide) groups is 2. The summed E-state index contributed by atoms with van der Waals surface area (Å²) in [7, 11) is 0. The molecule has 6 nitrogen and oxygen atoms in total. The molecular formula is C26H45N3O3S2. The zero-order valence-electron chi connectivity index (χ0n) is 21.0. The number of morpholine rings is 1. The summed E-state index contributed by atoms with van der Waals surface area (Å²) in [6, 6.07) is 0. The third-order valence-electron chi connectivity index (χ3n) is 9.22. The first-order valence-corrected chi connectivity index (χ1v) is 16.2. The minimum Gasteiger partial charge on any atom is -0.379 e. The maximum absolute atomic E-state index is 6.95. The Hall–Kier alpha value is 0.460. The van der Waals surface area contributed by atoms with E-state index in [1.165, 1.54) is 88.8 Å². The minimum atomic E-state index is -0.134. The van der Waals surface area contributed by atoms with Gasteiger partial charge in [0.05, 0.1) is 30.2 Å². The Balaban J connectivity index is 1.54. The molecule has 6 heterocycles. The van der Waals surface area contributed by atoms with E-state index >= 15 is 0 Å².